The van der Waals surface area contributed by atoms with E-state index < -0.39 is 0 Å². The maximum Gasteiger partial charge on any atom is 0.257 e. The summed E-state index contributed by atoms with van der Waals surface area (Å²) in [7, 11) is 2.07. The molecule has 2 heterocycles. The standard InChI is InChI=1S/C12H18N4O/c1-9-8-16(7-6-15(9)2)12(17)10-4-3-5-14-11(10)13/h3-5,9H,6-8H2,1-2H3,(H2,13,14). The quantitative estimate of drug-likeness (QED) is 0.766. The highest BCUT2D eigenvalue weighted by Crippen LogP contribution is 2.14. The Morgan fingerprint density at radius 2 is 2.29 bits per heavy atom. The SMILES string of the molecule is CC1CN(C(=O)c2cccnc2N)CCN1C. The number of nitrogens with zero attached hydrogens (tertiary/aromatic N) is 3. The van der Waals surface area contributed by atoms with Gasteiger partial charge >= 0.3 is 0 Å². The molecule has 5 nitrogen and oxygen atoms in total. The van der Waals surface area contributed by atoms with E-state index in [0.717, 1.165) is 19.6 Å². The molecule has 0 saturated carbocycles. The highest BCUT2D eigenvalue weighted by atomic mass is 16.2. The minimum atomic E-state index is -0.0180. The second kappa shape index (κ2) is 4.71. The number of carbonyl (C=O) groups is 1. The van der Waals surface area contributed by atoms with Crippen molar-refractivity contribution in [2.75, 3.05) is 32.4 Å². The predicted molar refractivity (Wildman–Crippen MR) is 66.6 cm³/mol. The zero-order valence-electron chi connectivity index (χ0n) is 10.3. The third-order valence-corrected chi connectivity index (χ3v) is 3.32. The van der Waals surface area contributed by atoms with E-state index in [4.69, 9.17) is 5.73 Å². The molecule has 0 radical (unpaired) electrons. The Hall–Kier alpha value is -1.62. The van der Waals surface area contributed by atoms with Gasteiger partial charge in [0.2, 0.25) is 0 Å². The molecule has 0 spiro atoms. The van der Waals surface area contributed by atoms with Crippen molar-refractivity contribution in [2.45, 2.75) is 13.0 Å². The predicted octanol–water partition coefficient (Wildman–Crippen LogP) is 0.440. The number of likely N-dealkylation sites (N-methyl/N-ethyl adjacent to an activating group) is 1. The van der Waals surface area contributed by atoms with Crippen LogP contribution in [0.3, 0.4) is 0 Å². The fourth-order valence-corrected chi connectivity index (χ4v) is 2.00. The van der Waals surface area contributed by atoms with Crippen LogP contribution in [-0.2, 0) is 0 Å². The summed E-state index contributed by atoms with van der Waals surface area (Å²) in [5, 5.41) is 0. The summed E-state index contributed by atoms with van der Waals surface area (Å²) in [6.07, 6.45) is 1.60. The monoisotopic (exact) mass is 234 g/mol. The lowest BCUT2D eigenvalue weighted by Crippen LogP contribution is -2.52. The maximum atomic E-state index is 12.3. The van der Waals surface area contributed by atoms with Gasteiger partial charge in [0.15, 0.2) is 0 Å². The first-order valence-electron chi connectivity index (χ1n) is 5.79. The molecule has 1 aromatic heterocycles. The maximum absolute atomic E-state index is 12.3. The molecule has 0 bridgehead atoms. The van der Waals surface area contributed by atoms with Crippen LogP contribution in [0.15, 0.2) is 18.3 Å². The molecule has 2 N–H and O–H groups in total. The summed E-state index contributed by atoms with van der Waals surface area (Å²) in [4.78, 5) is 20.3. The zero-order chi connectivity index (χ0) is 12.4. The van der Waals surface area contributed by atoms with E-state index in [2.05, 4.69) is 23.9 Å². The molecule has 92 valence electrons. The molecular formula is C12H18N4O. The van der Waals surface area contributed by atoms with Crippen LogP contribution in [0.25, 0.3) is 0 Å². The van der Waals surface area contributed by atoms with Crippen molar-refractivity contribution < 1.29 is 4.79 Å². The third-order valence-electron chi connectivity index (χ3n) is 3.32. The van der Waals surface area contributed by atoms with E-state index in [1.165, 1.54) is 0 Å². The van der Waals surface area contributed by atoms with Crippen molar-refractivity contribution >= 4 is 11.7 Å². The van der Waals surface area contributed by atoms with E-state index in [-0.39, 0.29) is 5.91 Å². The van der Waals surface area contributed by atoms with Gasteiger partial charge in [-0.15, -0.1) is 0 Å². The van der Waals surface area contributed by atoms with Crippen LogP contribution in [0.5, 0.6) is 0 Å². The second-order valence-corrected chi connectivity index (χ2v) is 4.52. The first-order chi connectivity index (χ1) is 8.09. The van der Waals surface area contributed by atoms with Gasteiger partial charge in [0.25, 0.3) is 5.91 Å². The Balaban J connectivity index is 2.14. The van der Waals surface area contributed by atoms with Gasteiger partial charge in [0.05, 0.1) is 5.56 Å². The van der Waals surface area contributed by atoms with Gasteiger partial charge in [-0.3, -0.25) is 4.79 Å². The van der Waals surface area contributed by atoms with E-state index in [9.17, 15) is 4.79 Å². The number of rotatable bonds is 1. The van der Waals surface area contributed by atoms with Crippen molar-refractivity contribution in [3.8, 4) is 0 Å². The summed E-state index contributed by atoms with van der Waals surface area (Å²) in [5.74, 6) is 0.291. The minimum absolute atomic E-state index is 0.0180. The Morgan fingerprint density at radius 1 is 1.53 bits per heavy atom. The van der Waals surface area contributed by atoms with Crippen molar-refractivity contribution in [1.82, 2.24) is 14.8 Å². The number of aromatic nitrogens is 1. The number of pyridine rings is 1. The Bertz CT molecular complexity index is 421. The average Bonchev–Trinajstić information content (AvgIpc) is 2.32. The minimum Gasteiger partial charge on any atom is -0.383 e. The molecule has 1 atom stereocenters. The summed E-state index contributed by atoms with van der Waals surface area (Å²) in [6, 6.07) is 3.85. The van der Waals surface area contributed by atoms with Crippen LogP contribution in [0, 0.1) is 0 Å². The molecule has 1 fully saturated rings. The molecule has 0 aliphatic carbocycles. The third kappa shape index (κ3) is 2.39. The van der Waals surface area contributed by atoms with E-state index in [0.29, 0.717) is 17.4 Å². The second-order valence-electron chi connectivity index (χ2n) is 4.52. The van der Waals surface area contributed by atoms with Crippen LogP contribution in [-0.4, -0.2) is 53.4 Å². The fourth-order valence-electron chi connectivity index (χ4n) is 2.00. The van der Waals surface area contributed by atoms with Crippen molar-refractivity contribution in [1.29, 1.82) is 0 Å². The van der Waals surface area contributed by atoms with Gasteiger partial charge in [0, 0.05) is 31.9 Å². The van der Waals surface area contributed by atoms with Gasteiger partial charge in [-0.2, -0.15) is 0 Å². The first kappa shape index (κ1) is 11.9. The molecule has 1 saturated heterocycles. The Morgan fingerprint density at radius 3 is 2.94 bits per heavy atom. The molecule has 0 aromatic carbocycles. The molecule has 1 aliphatic rings. The molecule has 5 heteroatoms. The van der Waals surface area contributed by atoms with Crippen LogP contribution in [0.2, 0.25) is 0 Å². The first-order valence-corrected chi connectivity index (χ1v) is 5.79. The van der Waals surface area contributed by atoms with Gasteiger partial charge in [-0.1, -0.05) is 0 Å². The number of piperazine rings is 1. The van der Waals surface area contributed by atoms with Gasteiger partial charge in [0.1, 0.15) is 5.82 Å². The fraction of sp³-hybridized carbons (Fsp3) is 0.500. The van der Waals surface area contributed by atoms with Gasteiger partial charge < -0.3 is 15.5 Å². The van der Waals surface area contributed by atoms with Crippen molar-refractivity contribution in [2.24, 2.45) is 0 Å². The van der Waals surface area contributed by atoms with Crippen LogP contribution in [0.4, 0.5) is 5.82 Å². The molecule has 1 unspecified atom stereocenters. The lowest BCUT2D eigenvalue weighted by Gasteiger charge is -2.37. The zero-order valence-corrected chi connectivity index (χ0v) is 10.3. The topological polar surface area (TPSA) is 62.5 Å². The lowest BCUT2D eigenvalue weighted by molar-refractivity contribution is 0.0573. The number of nitrogen functional groups attached to an aromatic ring is 1. The highest BCUT2D eigenvalue weighted by molar-refractivity contribution is 5.98. The Kier molecular flexibility index (Phi) is 3.28. The molecular weight excluding hydrogens is 216 g/mol. The molecule has 17 heavy (non-hydrogen) atoms. The number of nitrogens with two attached hydrogens (primary N) is 1. The van der Waals surface area contributed by atoms with E-state index in [1.54, 1.807) is 18.3 Å². The number of hydrogen-bond acceptors (Lipinski definition) is 4. The smallest absolute Gasteiger partial charge is 0.257 e. The van der Waals surface area contributed by atoms with Crippen molar-refractivity contribution in [3.05, 3.63) is 23.9 Å². The molecule has 1 aliphatic heterocycles. The lowest BCUT2D eigenvalue weighted by atomic mass is 10.1. The van der Waals surface area contributed by atoms with E-state index in [1.807, 2.05) is 4.90 Å². The van der Waals surface area contributed by atoms with Crippen LogP contribution in [0.1, 0.15) is 17.3 Å². The van der Waals surface area contributed by atoms with Crippen LogP contribution < -0.4 is 5.73 Å². The molecule has 1 amide bonds. The highest BCUT2D eigenvalue weighted by Gasteiger charge is 2.26. The number of hydrogen-bond donors (Lipinski definition) is 1. The summed E-state index contributed by atoms with van der Waals surface area (Å²) in [6.45, 7) is 4.50. The van der Waals surface area contributed by atoms with E-state index >= 15 is 0 Å². The average molecular weight is 234 g/mol. The summed E-state index contributed by atoms with van der Waals surface area (Å²) >= 11 is 0. The van der Waals surface area contributed by atoms with Gasteiger partial charge in [-0.25, -0.2) is 4.98 Å². The normalized spacial score (nSPS) is 21.5. The number of amides is 1. The summed E-state index contributed by atoms with van der Waals surface area (Å²) in [5.41, 5.74) is 6.22. The van der Waals surface area contributed by atoms with Gasteiger partial charge in [-0.05, 0) is 26.1 Å². The van der Waals surface area contributed by atoms with Crippen LogP contribution >= 0.6 is 0 Å². The Labute approximate surface area is 101 Å². The summed E-state index contributed by atoms with van der Waals surface area (Å²) < 4.78 is 0. The number of anilines is 1. The van der Waals surface area contributed by atoms with Crippen molar-refractivity contribution in [3.63, 3.8) is 0 Å². The molecule has 1 aromatic rings. The molecule has 2 rings (SSSR count). The number of carbonyl (C=O) groups excluding carboxylic acids is 1. The largest absolute Gasteiger partial charge is 0.383 e.